The largest absolute Gasteiger partial charge is 0.493 e. The molecule has 1 spiro atoms. The highest BCUT2D eigenvalue weighted by molar-refractivity contribution is 9.10. The molecule has 0 unspecified atom stereocenters. The van der Waals surface area contributed by atoms with Crippen LogP contribution in [0.25, 0.3) is 11.1 Å². The normalized spacial score (nSPS) is 13.0. The molecule has 0 aromatic heterocycles. The lowest BCUT2D eigenvalue weighted by molar-refractivity contribution is 0.300. The van der Waals surface area contributed by atoms with Crippen LogP contribution >= 0.6 is 31.9 Å². The molecule has 4 aromatic carbocycles. The molecule has 70 heavy (non-hydrogen) atoms. The minimum Gasteiger partial charge on any atom is -0.493 e. The van der Waals surface area contributed by atoms with Crippen molar-refractivity contribution in [3.8, 4) is 34.1 Å². The maximum atomic E-state index is 6.94. The van der Waals surface area contributed by atoms with E-state index in [0.717, 1.165) is 69.1 Å². The monoisotopic (exact) mass is 1080 g/mol. The topological polar surface area (TPSA) is 27.7 Å². The third-order valence-electron chi connectivity index (χ3n) is 15.5. The minimum absolute atomic E-state index is 0.557. The number of rotatable bonds is 40. The Kier molecular flexibility index (Phi) is 26.8. The summed E-state index contributed by atoms with van der Waals surface area (Å²) in [6.07, 6.45) is 49.7. The summed E-state index contributed by atoms with van der Waals surface area (Å²) in [5, 5.41) is 0. The van der Waals surface area contributed by atoms with E-state index in [0.29, 0.717) is 0 Å². The first-order valence-corrected chi connectivity index (χ1v) is 31.0. The zero-order valence-corrected chi connectivity index (χ0v) is 47.5. The van der Waals surface area contributed by atoms with E-state index in [1.807, 2.05) is 0 Å². The van der Waals surface area contributed by atoms with E-state index in [9.17, 15) is 0 Å². The maximum absolute atomic E-state index is 6.94. The lowest BCUT2D eigenvalue weighted by atomic mass is 9.66. The molecule has 0 radical (unpaired) electrons. The molecule has 5 heteroatoms. The summed E-state index contributed by atoms with van der Waals surface area (Å²) in [6, 6.07) is 26.6. The van der Waals surface area contributed by atoms with Gasteiger partial charge in [0.1, 0.15) is 23.0 Å². The third kappa shape index (κ3) is 17.7. The van der Waals surface area contributed by atoms with Gasteiger partial charge in [0.25, 0.3) is 0 Å². The van der Waals surface area contributed by atoms with Crippen molar-refractivity contribution in [2.24, 2.45) is 0 Å². The standard InChI is InChI=1S/C65H94Br2O3/c1-3-5-7-9-11-13-15-17-19-21-23-25-27-29-31-33-35-37-47-68-55-41-45-59-63(51-55)70-64-52-56(69-48-38-36-34-32-30-28-26-24-22-20-18-16-14-12-10-8-6-4-2)42-46-60(64)65(59)61-49-53(66)39-43-57(61)58-44-40-54(67)50-62(58)65/h39-46,49-52H,3-38,47-48H2,1-2H3. The van der Waals surface area contributed by atoms with E-state index in [1.54, 1.807) is 0 Å². The van der Waals surface area contributed by atoms with E-state index in [2.05, 4.69) is 119 Å². The van der Waals surface area contributed by atoms with Crippen molar-refractivity contribution in [1.29, 1.82) is 0 Å². The van der Waals surface area contributed by atoms with Crippen molar-refractivity contribution in [3.63, 3.8) is 0 Å². The summed E-state index contributed by atoms with van der Waals surface area (Å²) >= 11 is 7.72. The number of fused-ring (bicyclic) bond motifs is 9. The predicted octanol–water partition coefficient (Wildman–Crippen LogP) is 22.5. The van der Waals surface area contributed by atoms with Gasteiger partial charge in [0.15, 0.2) is 0 Å². The zero-order chi connectivity index (χ0) is 48.9. The molecule has 3 nitrogen and oxygen atoms in total. The molecule has 6 rings (SSSR count). The molecule has 0 amide bonds. The lowest BCUT2D eigenvalue weighted by Gasteiger charge is -2.39. The molecule has 2 aliphatic rings. The van der Waals surface area contributed by atoms with Gasteiger partial charge in [-0.25, -0.2) is 0 Å². The van der Waals surface area contributed by atoms with Gasteiger partial charge >= 0.3 is 0 Å². The average Bonchev–Trinajstić information content (AvgIpc) is 3.63. The van der Waals surface area contributed by atoms with E-state index in [1.165, 1.54) is 241 Å². The van der Waals surface area contributed by atoms with Crippen LogP contribution in [-0.2, 0) is 5.41 Å². The van der Waals surface area contributed by atoms with Crippen molar-refractivity contribution in [3.05, 3.63) is 104 Å². The van der Waals surface area contributed by atoms with E-state index in [-0.39, 0.29) is 0 Å². The van der Waals surface area contributed by atoms with Crippen LogP contribution in [0.1, 0.15) is 267 Å². The molecule has 0 fully saturated rings. The summed E-state index contributed by atoms with van der Waals surface area (Å²) < 4.78 is 22.0. The first-order chi connectivity index (χ1) is 34.6. The van der Waals surface area contributed by atoms with Crippen molar-refractivity contribution < 1.29 is 14.2 Å². The highest BCUT2D eigenvalue weighted by atomic mass is 79.9. The van der Waals surface area contributed by atoms with Crippen LogP contribution in [0.3, 0.4) is 0 Å². The Hall–Kier alpha value is -2.76. The molecule has 386 valence electrons. The van der Waals surface area contributed by atoms with Gasteiger partial charge in [-0.1, -0.05) is 288 Å². The van der Waals surface area contributed by atoms with Crippen LogP contribution in [0.4, 0.5) is 0 Å². The van der Waals surface area contributed by atoms with Gasteiger partial charge in [-0.05, 0) is 71.5 Å². The summed E-state index contributed by atoms with van der Waals surface area (Å²) in [5.74, 6) is 3.44. The molecular formula is C65H94Br2O3. The summed E-state index contributed by atoms with van der Waals surface area (Å²) in [6.45, 7) is 6.05. The van der Waals surface area contributed by atoms with Crippen LogP contribution in [0.5, 0.6) is 23.0 Å². The van der Waals surface area contributed by atoms with Gasteiger partial charge in [0.05, 0.1) is 18.6 Å². The minimum atomic E-state index is -0.557. The molecule has 0 bridgehead atoms. The van der Waals surface area contributed by atoms with Crippen LogP contribution in [0, 0.1) is 0 Å². The van der Waals surface area contributed by atoms with Crippen LogP contribution < -0.4 is 14.2 Å². The Morgan fingerprint density at radius 1 is 0.329 bits per heavy atom. The second kappa shape index (κ2) is 33.1. The van der Waals surface area contributed by atoms with Crippen molar-refractivity contribution in [2.45, 2.75) is 250 Å². The first kappa shape index (κ1) is 56.5. The zero-order valence-electron chi connectivity index (χ0n) is 44.3. The van der Waals surface area contributed by atoms with Gasteiger partial charge < -0.3 is 14.2 Å². The van der Waals surface area contributed by atoms with E-state index < -0.39 is 5.41 Å². The van der Waals surface area contributed by atoms with Crippen LogP contribution in [-0.4, -0.2) is 13.2 Å². The number of hydrogen-bond donors (Lipinski definition) is 0. The number of ether oxygens (including phenoxy) is 3. The third-order valence-corrected chi connectivity index (χ3v) is 16.5. The van der Waals surface area contributed by atoms with Gasteiger partial charge in [-0.15, -0.1) is 0 Å². The van der Waals surface area contributed by atoms with Crippen molar-refractivity contribution in [1.82, 2.24) is 0 Å². The average molecular weight is 1080 g/mol. The number of unbranched alkanes of at least 4 members (excludes halogenated alkanes) is 34. The Bertz CT molecular complexity index is 1910. The second-order valence-electron chi connectivity index (χ2n) is 21.3. The Labute approximate surface area is 445 Å². The van der Waals surface area contributed by atoms with Crippen LogP contribution in [0.2, 0.25) is 0 Å². The summed E-state index contributed by atoms with van der Waals surface area (Å²) in [7, 11) is 0. The molecule has 0 saturated carbocycles. The van der Waals surface area contributed by atoms with Crippen molar-refractivity contribution in [2.75, 3.05) is 13.2 Å². The molecule has 0 N–H and O–H groups in total. The van der Waals surface area contributed by atoms with Gasteiger partial charge in [-0.3, -0.25) is 0 Å². The number of halogens is 2. The molecular weight excluding hydrogens is 989 g/mol. The first-order valence-electron chi connectivity index (χ1n) is 29.4. The van der Waals surface area contributed by atoms with Gasteiger partial charge in [-0.2, -0.15) is 0 Å². The fourth-order valence-electron chi connectivity index (χ4n) is 11.5. The summed E-state index contributed by atoms with van der Waals surface area (Å²) in [4.78, 5) is 0. The maximum Gasteiger partial charge on any atom is 0.135 e. The highest BCUT2D eigenvalue weighted by Gasteiger charge is 2.51. The highest BCUT2D eigenvalue weighted by Crippen LogP contribution is 2.63. The molecule has 0 atom stereocenters. The smallest absolute Gasteiger partial charge is 0.135 e. The summed E-state index contributed by atoms with van der Waals surface area (Å²) in [5.41, 5.74) is 6.77. The lowest BCUT2D eigenvalue weighted by Crippen LogP contribution is -2.32. The molecule has 4 aromatic rings. The van der Waals surface area contributed by atoms with Gasteiger partial charge in [0.2, 0.25) is 0 Å². The van der Waals surface area contributed by atoms with Crippen molar-refractivity contribution >= 4 is 31.9 Å². The van der Waals surface area contributed by atoms with Gasteiger partial charge in [0, 0.05) is 32.2 Å². The quantitative estimate of drug-likeness (QED) is 0.0359. The Balaban J connectivity index is 0.942. The Morgan fingerprint density at radius 3 is 0.914 bits per heavy atom. The molecule has 1 aliphatic carbocycles. The fraction of sp³-hybridized carbons (Fsp3) is 0.631. The fourth-order valence-corrected chi connectivity index (χ4v) is 12.2. The molecule has 1 heterocycles. The Morgan fingerprint density at radius 2 is 0.614 bits per heavy atom. The predicted molar refractivity (Wildman–Crippen MR) is 308 cm³/mol. The van der Waals surface area contributed by atoms with E-state index in [4.69, 9.17) is 14.2 Å². The second-order valence-corrected chi connectivity index (χ2v) is 23.1. The van der Waals surface area contributed by atoms with Crippen LogP contribution in [0.15, 0.2) is 81.7 Å². The molecule has 0 saturated heterocycles. The number of benzene rings is 4. The number of hydrogen-bond acceptors (Lipinski definition) is 3. The molecule has 1 aliphatic heterocycles. The SMILES string of the molecule is CCCCCCCCCCCCCCCCCCCCOc1ccc2c(c1)Oc1cc(OCCCCCCCCCCCCCCCCCCCC)ccc1C21c2cc(Br)ccc2-c2ccc(Br)cc21. The van der Waals surface area contributed by atoms with E-state index >= 15 is 0 Å².